The molecule has 2 rings (SSSR count). The van der Waals surface area contributed by atoms with Gasteiger partial charge in [0.25, 0.3) is 0 Å². The summed E-state index contributed by atoms with van der Waals surface area (Å²) in [5, 5.41) is 0. The van der Waals surface area contributed by atoms with Crippen LogP contribution < -0.4 is 0 Å². The second kappa shape index (κ2) is 6.06. The highest BCUT2D eigenvalue weighted by Gasteiger charge is 2.06. The number of rotatable bonds is 3. The summed E-state index contributed by atoms with van der Waals surface area (Å²) in [5.74, 6) is 6.29. The number of unbranched alkanes of at least 4 members (excludes halogenated alkanes) is 1. The normalized spacial score (nSPS) is 9.79. The van der Waals surface area contributed by atoms with E-state index in [1.807, 2.05) is 31.2 Å². The highest BCUT2D eigenvalue weighted by atomic mass is 14.7. The zero-order valence-electron chi connectivity index (χ0n) is 11.5. The van der Waals surface area contributed by atoms with Crippen LogP contribution in [0, 0.1) is 11.8 Å². The van der Waals surface area contributed by atoms with Crippen LogP contribution in [0.15, 0.2) is 37.0 Å². The van der Waals surface area contributed by atoms with E-state index in [4.69, 9.17) is 0 Å². The Hall–Kier alpha value is -2.27. The maximum absolute atomic E-state index is 4.36. The van der Waals surface area contributed by atoms with E-state index in [-0.39, 0.29) is 0 Å². The van der Waals surface area contributed by atoms with Crippen molar-refractivity contribution in [2.75, 3.05) is 0 Å². The average molecular weight is 250 g/mol. The first-order valence-electron chi connectivity index (χ1n) is 6.51. The molecule has 0 unspecified atom stereocenters. The Labute approximate surface area is 114 Å². The van der Waals surface area contributed by atoms with Crippen molar-refractivity contribution >= 4 is 5.57 Å². The summed E-state index contributed by atoms with van der Waals surface area (Å²) in [6.07, 6.45) is 3.75. The smallest absolute Gasteiger partial charge is 0.122 e. The zero-order chi connectivity index (χ0) is 13.7. The van der Waals surface area contributed by atoms with E-state index in [1.54, 1.807) is 6.20 Å². The van der Waals surface area contributed by atoms with Crippen molar-refractivity contribution < 1.29 is 0 Å². The minimum Gasteiger partial charge on any atom is -0.355 e. The van der Waals surface area contributed by atoms with Gasteiger partial charge >= 0.3 is 0 Å². The van der Waals surface area contributed by atoms with Crippen LogP contribution in [0.4, 0.5) is 0 Å². The van der Waals surface area contributed by atoms with E-state index < -0.39 is 0 Å². The quantitative estimate of drug-likeness (QED) is 0.810. The highest BCUT2D eigenvalue weighted by Crippen LogP contribution is 2.23. The lowest BCUT2D eigenvalue weighted by Gasteiger charge is -2.01. The van der Waals surface area contributed by atoms with Crippen molar-refractivity contribution in [2.45, 2.75) is 26.7 Å². The van der Waals surface area contributed by atoms with Gasteiger partial charge in [0.1, 0.15) is 5.69 Å². The lowest BCUT2D eigenvalue weighted by Crippen LogP contribution is -1.89. The molecule has 19 heavy (non-hydrogen) atoms. The molecule has 0 aliphatic rings. The number of hydrogen-bond acceptors (Lipinski definition) is 1. The first kappa shape index (κ1) is 13.2. The molecule has 0 bridgehead atoms. The summed E-state index contributed by atoms with van der Waals surface area (Å²) >= 11 is 0. The van der Waals surface area contributed by atoms with E-state index in [0.29, 0.717) is 0 Å². The van der Waals surface area contributed by atoms with E-state index in [9.17, 15) is 0 Å². The van der Waals surface area contributed by atoms with Crippen LogP contribution >= 0.6 is 0 Å². The predicted molar refractivity (Wildman–Crippen MR) is 80.5 cm³/mol. The number of nitrogens with zero attached hydrogens (tertiary/aromatic N) is 1. The van der Waals surface area contributed by atoms with Crippen molar-refractivity contribution in [3.8, 4) is 23.1 Å². The first-order chi connectivity index (χ1) is 9.22. The van der Waals surface area contributed by atoms with Crippen molar-refractivity contribution in [1.29, 1.82) is 0 Å². The molecule has 0 atom stereocenters. The number of hydrogen-bond donors (Lipinski definition) is 1. The van der Waals surface area contributed by atoms with E-state index >= 15 is 0 Å². The summed E-state index contributed by atoms with van der Waals surface area (Å²) in [6.45, 7) is 8.05. The summed E-state index contributed by atoms with van der Waals surface area (Å²) in [5.41, 5.74) is 4.97. The van der Waals surface area contributed by atoms with Gasteiger partial charge in [-0.25, -0.2) is 4.98 Å². The Morgan fingerprint density at radius 1 is 1.37 bits per heavy atom. The van der Waals surface area contributed by atoms with Gasteiger partial charge in [0.15, 0.2) is 0 Å². The van der Waals surface area contributed by atoms with Crippen LogP contribution in [-0.2, 0) is 0 Å². The summed E-state index contributed by atoms with van der Waals surface area (Å²) < 4.78 is 0. The van der Waals surface area contributed by atoms with Gasteiger partial charge in [0.05, 0.1) is 0 Å². The molecular formula is C17H18N2. The molecule has 0 fully saturated rings. The third kappa shape index (κ3) is 3.14. The third-order valence-corrected chi connectivity index (χ3v) is 2.83. The first-order valence-corrected chi connectivity index (χ1v) is 6.51. The Morgan fingerprint density at radius 2 is 2.21 bits per heavy atom. The van der Waals surface area contributed by atoms with Crippen molar-refractivity contribution in [2.24, 2.45) is 0 Å². The molecule has 2 aromatic heterocycles. The molecule has 0 spiro atoms. The highest BCUT2D eigenvalue weighted by molar-refractivity contribution is 5.70. The molecular weight excluding hydrogens is 232 g/mol. The Morgan fingerprint density at radius 3 is 2.89 bits per heavy atom. The fraction of sp³-hybridized carbons (Fsp3) is 0.235. The van der Waals surface area contributed by atoms with Crippen LogP contribution in [0.5, 0.6) is 0 Å². The predicted octanol–water partition coefficient (Wildman–Crippen LogP) is 4.26. The van der Waals surface area contributed by atoms with E-state index in [2.05, 4.69) is 35.3 Å². The number of aromatic amines is 1. The van der Waals surface area contributed by atoms with Gasteiger partial charge in [-0.05, 0) is 49.1 Å². The Balaban J connectivity index is 2.39. The SMILES string of the molecule is C=C(C)c1ccc(-c2cccnc2C#CCCC)[nH]1. The van der Waals surface area contributed by atoms with Crippen LogP contribution in [-0.4, -0.2) is 9.97 Å². The lowest BCUT2D eigenvalue weighted by atomic mass is 10.1. The number of pyridine rings is 1. The van der Waals surface area contributed by atoms with Gasteiger partial charge in [-0.3, -0.25) is 0 Å². The van der Waals surface area contributed by atoms with E-state index in [1.165, 1.54) is 0 Å². The van der Waals surface area contributed by atoms with E-state index in [0.717, 1.165) is 41.1 Å². The zero-order valence-corrected chi connectivity index (χ0v) is 11.5. The van der Waals surface area contributed by atoms with Gasteiger partial charge in [0, 0.05) is 29.6 Å². The van der Waals surface area contributed by atoms with Gasteiger partial charge in [0.2, 0.25) is 0 Å². The van der Waals surface area contributed by atoms with Crippen molar-refractivity contribution in [1.82, 2.24) is 9.97 Å². The van der Waals surface area contributed by atoms with Gasteiger partial charge in [-0.1, -0.05) is 19.4 Å². The molecule has 2 heterocycles. The third-order valence-electron chi connectivity index (χ3n) is 2.83. The molecule has 2 aromatic rings. The minimum atomic E-state index is 0.825. The summed E-state index contributed by atoms with van der Waals surface area (Å²) in [7, 11) is 0. The topological polar surface area (TPSA) is 28.7 Å². The van der Waals surface area contributed by atoms with Crippen molar-refractivity contribution in [3.05, 3.63) is 48.4 Å². The van der Waals surface area contributed by atoms with Crippen LogP contribution in [0.2, 0.25) is 0 Å². The fourth-order valence-electron chi connectivity index (χ4n) is 1.79. The largest absolute Gasteiger partial charge is 0.355 e. The number of H-pyrrole nitrogens is 1. The van der Waals surface area contributed by atoms with Crippen LogP contribution in [0.1, 0.15) is 38.1 Å². The van der Waals surface area contributed by atoms with Gasteiger partial charge in [-0.15, -0.1) is 0 Å². The molecule has 0 saturated heterocycles. The second-order valence-electron chi connectivity index (χ2n) is 4.52. The van der Waals surface area contributed by atoms with Gasteiger partial charge in [-0.2, -0.15) is 0 Å². The number of nitrogens with one attached hydrogen (secondary N) is 1. The van der Waals surface area contributed by atoms with Crippen LogP contribution in [0.3, 0.4) is 0 Å². The molecule has 0 aliphatic carbocycles. The molecule has 0 amide bonds. The minimum absolute atomic E-state index is 0.825. The molecule has 2 heteroatoms. The molecule has 96 valence electrons. The number of aromatic nitrogens is 2. The fourth-order valence-corrected chi connectivity index (χ4v) is 1.79. The molecule has 0 aliphatic heterocycles. The van der Waals surface area contributed by atoms with Crippen molar-refractivity contribution in [3.63, 3.8) is 0 Å². The Kier molecular flexibility index (Phi) is 4.20. The molecule has 2 nitrogen and oxygen atoms in total. The maximum atomic E-state index is 4.36. The monoisotopic (exact) mass is 250 g/mol. The molecule has 0 radical (unpaired) electrons. The molecule has 0 saturated carbocycles. The van der Waals surface area contributed by atoms with Crippen LogP contribution in [0.25, 0.3) is 16.8 Å². The molecule has 1 N–H and O–H groups in total. The standard InChI is InChI=1S/C17H18N2/c1-4-5-6-9-16-14(8-7-12-18-16)17-11-10-15(19-17)13(2)3/h7-8,10-12,19H,2,4-5H2,1,3H3. The number of allylic oxidation sites excluding steroid dienone is 1. The van der Waals surface area contributed by atoms with Gasteiger partial charge < -0.3 is 4.98 Å². The lowest BCUT2D eigenvalue weighted by molar-refractivity contribution is 0.983. The summed E-state index contributed by atoms with van der Waals surface area (Å²) in [4.78, 5) is 7.72. The summed E-state index contributed by atoms with van der Waals surface area (Å²) in [6, 6.07) is 8.05. The Bertz CT molecular complexity index is 639. The molecule has 0 aromatic carbocycles. The average Bonchev–Trinajstić information content (AvgIpc) is 2.89. The maximum Gasteiger partial charge on any atom is 0.122 e. The second-order valence-corrected chi connectivity index (χ2v) is 4.52.